The van der Waals surface area contributed by atoms with Crippen LogP contribution in [0.25, 0.3) is 6.08 Å². The lowest BCUT2D eigenvalue weighted by Gasteiger charge is -2.24. The molecule has 4 rings (SSSR count). The van der Waals surface area contributed by atoms with E-state index in [1.165, 1.54) is 24.3 Å². The van der Waals surface area contributed by atoms with E-state index in [4.69, 9.17) is 0 Å². The summed E-state index contributed by atoms with van der Waals surface area (Å²) in [6.07, 6.45) is 1.97. The van der Waals surface area contributed by atoms with Crippen LogP contribution in [0, 0.1) is 23.3 Å². The SMILES string of the molecule is O=C(/C=C/c1cccc2c1N(Cc1ccc(F)c(F)c1)C(=O)C2(CO)CO)NS(=O)(=O)c1ccc(F)c(F)c1. The molecule has 3 aromatic carbocycles. The molecule has 0 atom stereocenters. The fraction of sp³-hybridized carbons (Fsp3) is 0.154. The first-order valence-electron chi connectivity index (χ1n) is 11.2. The van der Waals surface area contributed by atoms with Gasteiger partial charge in [0.25, 0.3) is 15.9 Å². The van der Waals surface area contributed by atoms with Crippen molar-refractivity contribution in [2.45, 2.75) is 16.9 Å². The van der Waals surface area contributed by atoms with Crippen LogP contribution in [0.15, 0.2) is 65.6 Å². The second-order valence-corrected chi connectivity index (χ2v) is 10.3. The Balaban J connectivity index is 1.69. The fourth-order valence-electron chi connectivity index (χ4n) is 4.22. The zero-order valence-electron chi connectivity index (χ0n) is 19.9. The van der Waals surface area contributed by atoms with E-state index >= 15 is 0 Å². The molecule has 204 valence electrons. The van der Waals surface area contributed by atoms with Crippen molar-refractivity contribution in [3.63, 3.8) is 0 Å². The Morgan fingerprint density at radius 1 is 0.923 bits per heavy atom. The number of carbonyl (C=O) groups excluding carboxylic acids is 2. The largest absolute Gasteiger partial charge is 0.395 e. The van der Waals surface area contributed by atoms with Crippen molar-refractivity contribution in [2.24, 2.45) is 0 Å². The molecule has 0 spiro atoms. The Hall–Kier alpha value is -4.07. The van der Waals surface area contributed by atoms with Gasteiger partial charge in [-0.2, -0.15) is 0 Å². The molecule has 0 radical (unpaired) electrons. The number of halogens is 4. The standard InChI is InChI=1S/C26H20F4N2O6S/c27-19-7-4-15(10-21(19)29)12-32-24-16(2-1-3-18(24)26(13-33,14-34)25(32)36)5-9-23(35)31-39(37,38)17-6-8-20(28)22(30)11-17/h1-11,33-34H,12-14H2,(H,31,35)/b9-5+. The van der Waals surface area contributed by atoms with E-state index in [0.717, 1.165) is 35.3 Å². The minimum atomic E-state index is -4.56. The molecule has 0 bridgehead atoms. The van der Waals surface area contributed by atoms with Crippen LogP contribution in [0.2, 0.25) is 0 Å². The summed E-state index contributed by atoms with van der Waals surface area (Å²) in [5.74, 6) is -6.85. The van der Waals surface area contributed by atoms with Gasteiger partial charge in [-0.15, -0.1) is 0 Å². The Labute approximate surface area is 219 Å². The normalized spacial score (nSPS) is 14.6. The molecule has 1 heterocycles. The molecule has 0 saturated heterocycles. The van der Waals surface area contributed by atoms with Gasteiger partial charge in [0.2, 0.25) is 5.91 Å². The summed E-state index contributed by atoms with van der Waals surface area (Å²) < 4.78 is 80.3. The molecule has 0 unspecified atom stereocenters. The molecule has 3 N–H and O–H groups in total. The number of amides is 2. The molecule has 1 aliphatic rings. The first kappa shape index (κ1) is 28.0. The molecule has 3 aromatic rings. The van der Waals surface area contributed by atoms with Crippen molar-refractivity contribution < 1.29 is 45.8 Å². The Bertz CT molecular complexity index is 1610. The fourth-order valence-corrected chi connectivity index (χ4v) is 5.18. The Morgan fingerprint density at radius 2 is 1.56 bits per heavy atom. The third-order valence-electron chi connectivity index (χ3n) is 6.22. The highest BCUT2D eigenvalue weighted by Gasteiger charge is 2.51. The minimum Gasteiger partial charge on any atom is -0.395 e. The molecule has 0 aliphatic carbocycles. The van der Waals surface area contributed by atoms with Gasteiger partial charge >= 0.3 is 0 Å². The summed E-state index contributed by atoms with van der Waals surface area (Å²) in [6.45, 7) is -1.86. The van der Waals surface area contributed by atoms with E-state index in [1.807, 2.05) is 0 Å². The first-order chi connectivity index (χ1) is 18.4. The number of fused-ring (bicyclic) bond motifs is 1. The van der Waals surface area contributed by atoms with Gasteiger partial charge in [-0.1, -0.05) is 24.3 Å². The van der Waals surface area contributed by atoms with Gasteiger partial charge in [-0.05, 0) is 53.1 Å². The summed E-state index contributed by atoms with van der Waals surface area (Å²) >= 11 is 0. The van der Waals surface area contributed by atoms with Crippen LogP contribution < -0.4 is 9.62 Å². The van der Waals surface area contributed by atoms with Gasteiger partial charge in [-0.3, -0.25) is 9.59 Å². The number of hydrogen-bond donors (Lipinski definition) is 3. The number of carbonyl (C=O) groups is 2. The van der Waals surface area contributed by atoms with Gasteiger partial charge in [-0.25, -0.2) is 30.7 Å². The zero-order chi connectivity index (χ0) is 28.5. The molecule has 1 aliphatic heterocycles. The predicted octanol–water partition coefficient (Wildman–Crippen LogP) is 2.53. The van der Waals surface area contributed by atoms with Crippen molar-refractivity contribution in [3.05, 3.63) is 101 Å². The van der Waals surface area contributed by atoms with Gasteiger partial charge in [0.05, 0.1) is 30.3 Å². The summed E-state index contributed by atoms with van der Waals surface area (Å²) in [6, 6.07) is 9.18. The molecule has 2 amide bonds. The second-order valence-electron chi connectivity index (χ2n) is 8.66. The molecule has 0 fully saturated rings. The van der Waals surface area contributed by atoms with E-state index in [9.17, 15) is 45.8 Å². The topological polar surface area (TPSA) is 124 Å². The number of anilines is 1. The van der Waals surface area contributed by atoms with Crippen LogP contribution in [-0.2, 0) is 31.6 Å². The van der Waals surface area contributed by atoms with E-state index in [2.05, 4.69) is 0 Å². The summed E-state index contributed by atoms with van der Waals surface area (Å²) in [4.78, 5) is 26.2. The highest BCUT2D eigenvalue weighted by atomic mass is 32.2. The Kier molecular flexibility index (Phi) is 7.59. The molecule has 8 nitrogen and oxygen atoms in total. The van der Waals surface area contributed by atoms with Crippen molar-refractivity contribution in [3.8, 4) is 0 Å². The maximum atomic E-state index is 13.8. The van der Waals surface area contributed by atoms with Crippen LogP contribution in [0.4, 0.5) is 23.2 Å². The number of nitrogens with zero attached hydrogens (tertiary/aromatic N) is 1. The van der Waals surface area contributed by atoms with E-state index in [-0.39, 0.29) is 28.9 Å². The van der Waals surface area contributed by atoms with Crippen molar-refractivity contribution in [2.75, 3.05) is 18.1 Å². The van der Waals surface area contributed by atoms with Crippen LogP contribution in [-0.4, -0.2) is 43.7 Å². The van der Waals surface area contributed by atoms with E-state index < -0.39 is 68.6 Å². The number of aliphatic hydroxyl groups excluding tert-OH is 2. The average Bonchev–Trinajstić information content (AvgIpc) is 3.14. The Morgan fingerprint density at radius 3 is 2.18 bits per heavy atom. The quantitative estimate of drug-likeness (QED) is 0.286. The lowest BCUT2D eigenvalue weighted by molar-refractivity contribution is -0.126. The van der Waals surface area contributed by atoms with E-state index in [1.54, 1.807) is 4.72 Å². The lowest BCUT2D eigenvalue weighted by atomic mass is 9.82. The first-order valence-corrected chi connectivity index (χ1v) is 12.7. The predicted molar refractivity (Wildman–Crippen MR) is 131 cm³/mol. The number of benzene rings is 3. The zero-order valence-corrected chi connectivity index (χ0v) is 20.7. The van der Waals surface area contributed by atoms with Gasteiger partial charge < -0.3 is 15.1 Å². The number of para-hydroxylation sites is 1. The van der Waals surface area contributed by atoms with Crippen LogP contribution >= 0.6 is 0 Å². The van der Waals surface area contributed by atoms with Crippen molar-refractivity contribution in [1.29, 1.82) is 0 Å². The number of rotatable bonds is 8. The molecule has 0 aromatic heterocycles. The van der Waals surface area contributed by atoms with Crippen LogP contribution in [0.1, 0.15) is 16.7 Å². The van der Waals surface area contributed by atoms with Crippen LogP contribution in [0.5, 0.6) is 0 Å². The summed E-state index contributed by atoms with van der Waals surface area (Å²) in [7, 11) is -4.56. The van der Waals surface area contributed by atoms with Gasteiger partial charge in [0, 0.05) is 6.08 Å². The van der Waals surface area contributed by atoms with Crippen molar-refractivity contribution in [1.82, 2.24) is 4.72 Å². The summed E-state index contributed by atoms with van der Waals surface area (Å²) in [5, 5.41) is 20.1. The maximum Gasteiger partial charge on any atom is 0.264 e. The van der Waals surface area contributed by atoms with Gasteiger partial charge in [0.15, 0.2) is 23.3 Å². The smallest absolute Gasteiger partial charge is 0.264 e. The molecule has 0 saturated carbocycles. The third kappa shape index (κ3) is 5.15. The average molecular weight is 565 g/mol. The molecule has 39 heavy (non-hydrogen) atoms. The van der Waals surface area contributed by atoms with E-state index in [0.29, 0.717) is 12.1 Å². The van der Waals surface area contributed by atoms with Crippen LogP contribution in [0.3, 0.4) is 0 Å². The minimum absolute atomic E-state index is 0.142. The number of aliphatic hydroxyl groups is 2. The van der Waals surface area contributed by atoms with Gasteiger partial charge in [0.1, 0.15) is 5.41 Å². The maximum absolute atomic E-state index is 13.8. The number of hydrogen-bond acceptors (Lipinski definition) is 6. The second kappa shape index (κ2) is 10.6. The van der Waals surface area contributed by atoms with Crippen molar-refractivity contribution >= 4 is 33.6 Å². The third-order valence-corrected chi connectivity index (χ3v) is 7.57. The molecule has 13 heteroatoms. The highest BCUT2D eigenvalue weighted by Crippen LogP contribution is 2.45. The molecular formula is C26H20F4N2O6S. The molecular weight excluding hydrogens is 544 g/mol. The number of nitrogens with one attached hydrogen (secondary N) is 1. The monoisotopic (exact) mass is 564 g/mol. The number of sulfonamides is 1. The highest BCUT2D eigenvalue weighted by molar-refractivity contribution is 7.90. The summed E-state index contributed by atoms with van der Waals surface area (Å²) in [5.41, 5.74) is -1.06. The lowest BCUT2D eigenvalue weighted by Crippen LogP contribution is -2.45.